The van der Waals surface area contributed by atoms with Crippen LogP contribution in [0.3, 0.4) is 0 Å². The average Bonchev–Trinajstić information content (AvgIpc) is 3.06. The summed E-state index contributed by atoms with van der Waals surface area (Å²) in [6.45, 7) is 7.74. The van der Waals surface area contributed by atoms with Gasteiger partial charge >= 0.3 is 0 Å². The van der Waals surface area contributed by atoms with Crippen LogP contribution in [-0.2, 0) is 0 Å². The summed E-state index contributed by atoms with van der Waals surface area (Å²) in [5.74, 6) is 0. The zero-order valence-electron chi connectivity index (χ0n) is 11.0. The number of hydrogen-bond donors (Lipinski definition) is 0. The van der Waals surface area contributed by atoms with Gasteiger partial charge in [-0.1, -0.05) is 36.1 Å². The second-order valence-electron chi connectivity index (χ2n) is 3.97. The van der Waals surface area contributed by atoms with Gasteiger partial charge in [0.25, 0.3) is 0 Å². The van der Waals surface area contributed by atoms with Crippen molar-refractivity contribution in [1.82, 2.24) is 20.0 Å². The van der Waals surface area contributed by atoms with Gasteiger partial charge in [-0.15, -0.1) is 16.4 Å². The highest BCUT2D eigenvalue weighted by atomic mass is 32.1. The van der Waals surface area contributed by atoms with Crippen molar-refractivity contribution in [3.05, 3.63) is 64.9 Å². The van der Waals surface area contributed by atoms with Crippen LogP contribution in [0, 0.1) is 6.92 Å². The third-order valence-electron chi connectivity index (χ3n) is 2.81. The highest BCUT2D eigenvalue weighted by molar-refractivity contribution is 7.09. The van der Waals surface area contributed by atoms with E-state index in [9.17, 15) is 0 Å². The molecule has 1 unspecified atom stereocenters. The summed E-state index contributed by atoms with van der Waals surface area (Å²) in [4.78, 5) is 5.50. The number of rotatable bonds is 5. The molecule has 2 heterocycles. The predicted octanol–water partition coefficient (Wildman–Crippen LogP) is 3.32. The van der Waals surface area contributed by atoms with Crippen molar-refractivity contribution in [2.45, 2.75) is 19.9 Å². The molecule has 2 rings (SSSR count). The van der Waals surface area contributed by atoms with Crippen LogP contribution in [0.4, 0.5) is 0 Å². The maximum Gasteiger partial charge on any atom is 0.114 e. The fourth-order valence-electron chi connectivity index (χ4n) is 1.88. The van der Waals surface area contributed by atoms with E-state index in [0.29, 0.717) is 0 Å². The maximum atomic E-state index is 4.33. The van der Waals surface area contributed by atoms with Crippen molar-refractivity contribution in [2.24, 2.45) is 0 Å². The van der Waals surface area contributed by atoms with Gasteiger partial charge in [-0.3, -0.25) is 0 Å². The molecule has 0 aliphatic heterocycles. The van der Waals surface area contributed by atoms with Gasteiger partial charge in [0.15, 0.2) is 0 Å². The molecule has 0 bridgehead atoms. The number of allylic oxidation sites excluding steroid dienone is 5. The molecule has 4 nitrogen and oxygen atoms in total. The molecule has 0 saturated heterocycles. The number of nitrogens with zero attached hydrogens (tertiary/aromatic N) is 4. The van der Waals surface area contributed by atoms with Crippen molar-refractivity contribution in [3.63, 3.8) is 0 Å². The normalized spacial score (nSPS) is 13.9. The van der Waals surface area contributed by atoms with Gasteiger partial charge < -0.3 is 0 Å². The molecule has 0 aromatic carbocycles. The standard InChI is InChI=1S/C14H16N4S/c1-4-6-7-12(5-2)13(18-9-8-16-17-18)14-11(3)15-10-19-14/h4-10,13H,1H2,2-3H3/b7-6-,12-5+. The summed E-state index contributed by atoms with van der Waals surface area (Å²) < 4.78 is 1.85. The Morgan fingerprint density at radius 1 is 1.53 bits per heavy atom. The Hall–Kier alpha value is -2.01. The lowest BCUT2D eigenvalue weighted by Crippen LogP contribution is -2.13. The Morgan fingerprint density at radius 3 is 2.89 bits per heavy atom. The molecular weight excluding hydrogens is 256 g/mol. The van der Waals surface area contributed by atoms with Gasteiger partial charge in [-0.2, -0.15) is 0 Å². The molecule has 0 fully saturated rings. The third kappa shape index (κ3) is 2.88. The summed E-state index contributed by atoms with van der Waals surface area (Å²) in [5, 5.41) is 8.04. The molecule has 0 N–H and O–H groups in total. The average molecular weight is 272 g/mol. The van der Waals surface area contributed by atoms with Gasteiger partial charge in [0, 0.05) is 6.20 Å². The Labute approximate surface area is 116 Å². The Bertz CT molecular complexity index is 593. The fraction of sp³-hybridized carbons (Fsp3) is 0.214. The quantitative estimate of drug-likeness (QED) is 0.784. The summed E-state index contributed by atoms with van der Waals surface area (Å²) in [7, 11) is 0. The first-order valence-electron chi connectivity index (χ1n) is 5.99. The van der Waals surface area contributed by atoms with Gasteiger partial charge in [0.1, 0.15) is 6.04 Å². The summed E-state index contributed by atoms with van der Waals surface area (Å²) in [6.07, 6.45) is 11.4. The fourth-order valence-corrected chi connectivity index (χ4v) is 2.80. The second-order valence-corrected chi connectivity index (χ2v) is 4.86. The molecule has 0 spiro atoms. The minimum atomic E-state index is 0.0104. The molecule has 0 amide bonds. The largest absolute Gasteiger partial charge is 0.250 e. The van der Waals surface area contributed by atoms with E-state index in [-0.39, 0.29) is 6.04 Å². The van der Waals surface area contributed by atoms with Crippen LogP contribution in [0.5, 0.6) is 0 Å². The number of hydrogen-bond acceptors (Lipinski definition) is 4. The van der Waals surface area contributed by atoms with Crippen LogP contribution < -0.4 is 0 Å². The van der Waals surface area contributed by atoms with Crippen LogP contribution in [0.2, 0.25) is 0 Å². The smallest absolute Gasteiger partial charge is 0.114 e. The molecule has 2 aromatic heterocycles. The number of aromatic nitrogens is 4. The molecule has 0 radical (unpaired) electrons. The van der Waals surface area contributed by atoms with Crippen LogP contribution >= 0.6 is 11.3 Å². The zero-order chi connectivity index (χ0) is 13.7. The van der Waals surface area contributed by atoms with Gasteiger partial charge in [-0.25, -0.2) is 9.67 Å². The van der Waals surface area contributed by atoms with E-state index in [2.05, 4.69) is 28.0 Å². The first-order valence-corrected chi connectivity index (χ1v) is 6.87. The highest BCUT2D eigenvalue weighted by Gasteiger charge is 2.21. The summed E-state index contributed by atoms with van der Waals surface area (Å²) in [6, 6.07) is 0.0104. The van der Waals surface area contributed by atoms with E-state index >= 15 is 0 Å². The molecule has 1 atom stereocenters. The highest BCUT2D eigenvalue weighted by Crippen LogP contribution is 2.31. The van der Waals surface area contributed by atoms with Gasteiger partial charge in [0.05, 0.1) is 22.3 Å². The van der Waals surface area contributed by atoms with E-state index in [1.54, 1.807) is 23.6 Å². The number of aryl methyl sites for hydroxylation is 1. The lowest BCUT2D eigenvalue weighted by atomic mass is 10.0. The minimum Gasteiger partial charge on any atom is -0.250 e. The first kappa shape index (κ1) is 13.4. The monoisotopic (exact) mass is 272 g/mol. The van der Waals surface area contributed by atoms with E-state index in [1.807, 2.05) is 42.4 Å². The Kier molecular flexibility index (Phi) is 4.41. The Balaban J connectivity index is 2.49. The molecule has 2 aromatic rings. The predicted molar refractivity (Wildman–Crippen MR) is 78.1 cm³/mol. The van der Waals surface area contributed by atoms with E-state index in [0.717, 1.165) is 11.3 Å². The van der Waals surface area contributed by atoms with E-state index < -0.39 is 0 Å². The third-order valence-corrected chi connectivity index (χ3v) is 3.79. The van der Waals surface area contributed by atoms with Crippen LogP contribution in [0.15, 0.2) is 54.4 Å². The van der Waals surface area contributed by atoms with Crippen LogP contribution in [-0.4, -0.2) is 20.0 Å². The molecule has 5 heteroatoms. The van der Waals surface area contributed by atoms with Crippen LogP contribution in [0.25, 0.3) is 0 Å². The summed E-state index contributed by atoms with van der Waals surface area (Å²) in [5.41, 5.74) is 4.02. The Morgan fingerprint density at radius 2 is 2.37 bits per heavy atom. The topological polar surface area (TPSA) is 43.6 Å². The van der Waals surface area contributed by atoms with E-state index in [4.69, 9.17) is 0 Å². The van der Waals surface area contributed by atoms with Crippen molar-refractivity contribution < 1.29 is 0 Å². The van der Waals surface area contributed by atoms with Crippen molar-refractivity contribution in [2.75, 3.05) is 0 Å². The SMILES string of the molecule is C=C/C=C\C(=C/C)C(c1scnc1C)n1ccnn1. The lowest BCUT2D eigenvalue weighted by molar-refractivity contribution is 0.573. The molecular formula is C14H16N4S. The maximum absolute atomic E-state index is 4.33. The lowest BCUT2D eigenvalue weighted by Gasteiger charge is -2.17. The molecule has 0 aliphatic carbocycles. The van der Waals surface area contributed by atoms with E-state index in [1.165, 1.54) is 4.88 Å². The van der Waals surface area contributed by atoms with Crippen molar-refractivity contribution in [3.8, 4) is 0 Å². The van der Waals surface area contributed by atoms with Gasteiger partial charge in [-0.05, 0) is 19.4 Å². The van der Waals surface area contributed by atoms with Gasteiger partial charge in [0.2, 0.25) is 0 Å². The molecule has 98 valence electrons. The zero-order valence-corrected chi connectivity index (χ0v) is 11.8. The van der Waals surface area contributed by atoms with Crippen molar-refractivity contribution >= 4 is 11.3 Å². The van der Waals surface area contributed by atoms with Crippen molar-refractivity contribution in [1.29, 1.82) is 0 Å². The molecule has 19 heavy (non-hydrogen) atoms. The molecule has 0 aliphatic rings. The number of thiazole rings is 1. The minimum absolute atomic E-state index is 0.0104. The second kappa shape index (κ2) is 6.24. The summed E-state index contributed by atoms with van der Waals surface area (Å²) >= 11 is 1.63. The molecule has 0 saturated carbocycles. The first-order chi connectivity index (χ1) is 9.27. The van der Waals surface area contributed by atoms with Crippen LogP contribution in [0.1, 0.15) is 23.5 Å².